The summed E-state index contributed by atoms with van der Waals surface area (Å²) < 4.78 is 5.87. The van der Waals surface area contributed by atoms with Gasteiger partial charge in [-0.2, -0.15) is 0 Å². The van der Waals surface area contributed by atoms with Crippen molar-refractivity contribution in [3.05, 3.63) is 72.9 Å². The molecule has 0 aromatic rings. The first-order valence-corrected chi connectivity index (χ1v) is 23.2. The number of hydrogen-bond donors (Lipinski definition) is 3. The number of ether oxygens (including phenoxy) is 1. The molecule has 6 heteroatoms. The highest BCUT2D eigenvalue weighted by atomic mass is 16.5. The predicted molar refractivity (Wildman–Crippen MR) is 241 cm³/mol. The number of aliphatic hydroxyl groups excluding tert-OH is 2. The van der Waals surface area contributed by atoms with E-state index >= 15 is 0 Å². The van der Waals surface area contributed by atoms with Crippen molar-refractivity contribution < 1.29 is 24.5 Å². The lowest BCUT2D eigenvalue weighted by atomic mass is 10.0. The van der Waals surface area contributed by atoms with Crippen LogP contribution in [0.25, 0.3) is 0 Å². The number of carbonyl (C=O) groups is 2. The minimum absolute atomic E-state index is 0.0322. The first kappa shape index (κ1) is 53.3. The van der Waals surface area contributed by atoms with Crippen LogP contribution in [0.5, 0.6) is 0 Å². The molecule has 0 aliphatic rings. The van der Waals surface area contributed by atoms with Crippen molar-refractivity contribution in [3.63, 3.8) is 0 Å². The Kier molecular flexibility index (Phi) is 41.3. The molecule has 0 heterocycles. The molecule has 6 nitrogen and oxygen atoms in total. The minimum Gasteiger partial charge on any atom is -0.462 e. The van der Waals surface area contributed by atoms with Crippen LogP contribution in [-0.2, 0) is 14.3 Å². The van der Waals surface area contributed by atoms with E-state index in [-0.39, 0.29) is 24.9 Å². The van der Waals surface area contributed by atoms with Gasteiger partial charge in [-0.25, -0.2) is 0 Å². The van der Waals surface area contributed by atoms with Crippen LogP contribution < -0.4 is 5.32 Å². The third-order valence-corrected chi connectivity index (χ3v) is 10.0. The Hall–Kier alpha value is -2.70. The Morgan fingerprint density at radius 2 is 1.00 bits per heavy atom. The molecule has 3 N–H and O–H groups in total. The fourth-order valence-electron chi connectivity index (χ4n) is 6.50. The van der Waals surface area contributed by atoms with Crippen LogP contribution in [0.4, 0.5) is 0 Å². The SMILES string of the molecule is CC/C=C\C/C=C\C/C=C\C/C=C\C/C=C\CCCC(CC(=O)NC(CO)C(O)CCCCCCCCCCC)OC(=O)CCCCCCC/C=C\CCCC. The van der Waals surface area contributed by atoms with E-state index in [4.69, 9.17) is 4.74 Å². The van der Waals surface area contributed by atoms with Crippen LogP contribution in [0.15, 0.2) is 72.9 Å². The number of aliphatic hydroxyl groups is 2. The van der Waals surface area contributed by atoms with Crippen LogP contribution >= 0.6 is 0 Å². The van der Waals surface area contributed by atoms with Crippen LogP contribution in [0.1, 0.15) is 207 Å². The smallest absolute Gasteiger partial charge is 0.306 e. The summed E-state index contributed by atoms with van der Waals surface area (Å²) in [5.74, 6) is -0.549. The van der Waals surface area contributed by atoms with Gasteiger partial charge in [-0.05, 0) is 83.5 Å². The molecule has 322 valence electrons. The first-order chi connectivity index (χ1) is 27.5. The molecule has 0 saturated carbocycles. The highest BCUT2D eigenvalue weighted by Gasteiger charge is 2.24. The number of esters is 1. The molecule has 1 amide bonds. The summed E-state index contributed by atoms with van der Waals surface area (Å²) in [7, 11) is 0. The fourth-order valence-corrected chi connectivity index (χ4v) is 6.50. The quantitative estimate of drug-likeness (QED) is 0.0327. The van der Waals surface area contributed by atoms with E-state index in [1.165, 1.54) is 70.6 Å². The van der Waals surface area contributed by atoms with Gasteiger partial charge in [0.25, 0.3) is 0 Å². The summed E-state index contributed by atoms with van der Waals surface area (Å²) in [5.41, 5.74) is 0. The van der Waals surface area contributed by atoms with Gasteiger partial charge in [0.1, 0.15) is 6.10 Å². The van der Waals surface area contributed by atoms with E-state index in [1.54, 1.807) is 0 Å². The Labute approximate surface area is 345 Å². The Morgan fingerprint density at radius 1 is 0.536 bits per heavy atom. The second-order valence-electron chi connectivity index (χ2n) is 15.4. The van der Waals surface area contributed by atoms with Gasteiger partial charge in [0, 0.05) is 6.42 Å². The van der Waals surface area contributed by atoms with Crippen molar-refractivity contribution in [1.82, 2.24) is 5.32 Å². The molecule has 0 bridgehead atoms. The van der Waals surface area contributed by atoms with Crippen molar-refractivity contribution >= 4 is 11.9 Å². The van der Waals surface area contributed by atoms with E-state index in [0.29, 0.717) is 19.3 Å². The van der Waals surface area contributed by atoms with Gasteiger partial charge in [0.05, 0.1) is 25.2 Å². The Bertz CT molecular complexity index is 1060. The molecule has 0 fully saturated rings. The molecule has 0 rings (SSSR count). The number of unbranched alkanes of at least 4 members (excludes halogenated alkanes) is 16. The fraction of sp³-hybridized carbons (Fsp3) is 0.720. The maximum Gasteiger partial charge on any atom is 0.306 e. The van der Waals surface area contributed by atoms with Crippen LogP contribution in [0, 0.1) is 0 Å². The summed E-state index contributed by atoms with van der Waals surface area (Å²) in [6.07, 6.45) is 53.9. The number of amides is 1. The number of carbonyl (C=O) groups excluding carboxylic acids is 2. The van der Waals surface area contributed by atoms with Gasteiger partial charge >= 0.3 is 5.97 Å². The second-order valence-corrected chi connectivity index (χ2v) is 15.4. The highest BCUT2D eigenvalue weighted by molar-refractivity contribution is 5.77. The number of nitrogens with one attached hydrogen (secondary N) is 1. The second kappa shape index (κ2) is 43.4. The van der Waals surface area contributed by atoms with Crippen molar-refractivity contribution in [2.75, 3.05) is 6.61 Å². The van der Waals surface area contributed by atoms with Crippen molar-refractivity contribution in [1.29, 1.82) is 0 Å². The lowest BCUT2D eigenvalue weighted by Gasteiger charge is -2.24. The number of allylic oxidation sites excluding steroid dienone is 12. The van der Waals surface area contributed by atoms with Gasteiger partial charge < -0.3 is 20.3 Å². The highest BCUT2D eigenvalue weighted by Crippen LogP contribution is 2.16. The molecule has 0 saturated heterocycles. The van der Waals surface area contributed by atoms with Gasteiger partial charge in [-0.15, -0.1) is 0 Å². The molecular weight excluding hydrogens is 695 g/mol. The average molecular weight is 782 g/mol. The van der Waals surface area contributed by atoms with E-state index in [0.717, 1.165) is 89.9 Å². The van der Waals surface area contributed by atoms with Crippen LogP contribution in [0.3, 0.4) is 0 Å². The summed E-state index contributed by atoms with van der Waals surface area (Å²) >= 11 is 0. The van der Waals surface area contributed by atoms with Crippen LogP contribution in [0.2, 0.25) is 0 Å². The molecule has 0 aliphatic heterocycles. The summed E-state index contributed by atoms with van der Waals surface area (Å²) in [6.45, 7) is 6.27. The third kappa shape index (κ3) is 38.2. The van der Waals surface area contributed by atoms with E-state index in [2.05, 4.69) is 99.0 Å². The molecule has 0 radical (unpaired) electrons. The monoisotopic (exact) mass is 782 g/mol. The zero-order chi connectivity index (χ0) is 41.0. The maximum absolute atomic E-state index is 13.1. The van der Waals surface area contributed by atoms with Crippen LogP contribution in [-0.4, -0.2) is 46.9 Å². The van der Waals surface area contributed by atoms with Crippen molar-refractivity contribution in [2.45, 2.75) is 225 Å². The summed E-state index contributed by atoms with van der Waals surface area (Å²) in [6, 6.07) is -0.721. The summed E-state index contributed by atoms with van der Waals surface area (Å²) in [5, 5.41) is 23.6. The third-order valence-electron chi connectivity index (χ3n) is 10.0. The Balaban J connectivity index is 4.75. The van der Waals surface area contributed by atoms with Gasteiger partial charge in [0.15, 0.2) is 0 Å². The normalized spacial score (nSPS) is 14.0. The zero-order valence-corrected chi connectivity index (χ0v) is 36.5. The van der Waals surface area contributed by atoms with E-state index in [9.17, 15) is 19.8 Å². The van der Waals surface area contributed by atoms with Crippen molar-refractivity contribution in [2.24, 2.45) is 0 Å². The van der Waals surface area contributed by atoms with Gasteiger partial charge in [-0.1, -0.05) is 184 Å². The minimum atomic E-state index is -0.804. The zero-order valence-electron chi connectivity index (χ0n) is 36.5. The lowest BCUT2D eigenvalue weighted by molar-refractivity contribution is -0.151. The summed E-state index contributed by atoms with van der Waals surface area (Å²) in [4.78, 5) is 26.0. The van der Waals surface area contributed by atoms with Gasteiger partial charge in [0.2, 0.25) is 5.91 Å². The topological polar surface area (TPSA) is 95.9 Å². The largest absolute Gasteiger partial charge is 0.462 e. The molecule has 0 aromatic heterocycles. The van der Waals surface area contributed by atoms with E-state index in [1.807, 2.05) is 0 Å². The first-order valence-electron chi connectivity index (χ1n) is 23.2. The standard InChI is InChI=1S/C50H87NO5/c1-4-7-10-13-16-19-21-22-23-24-25-26-28-30-32-35-38-41-46(56-50(55)43-40-37-34-31-27-20-17-14-11-8-5-2)44-49(54)51-47(45-52)48(53)42-39-36-33-29-18-15-12-9-6-3/h7,10,14,16-17,19,22-23,25-26,30,32,46-48,52-53H,4-6,8-9,11-13,15,18,20-21,24,27-29,31,33-45H2,1-3H3,(H,51,54)/b10-7-,17-14-,19-16-,23-22-,26-25-,32-30-. The predicted octanol–water partition coefficient (Wildman–Crippen LogP) is 13.4. The average Bonchev–Trinajstić information content (AvgIpc) is 3.19. The lowest BCUT2D eigenvalue weighted by Crippen LogP contribution is -2.46. The molecule has 3 unspecified atom stereocenters. The molecule has 0 spiro atoms. The van der Waals surface area contributed by atoms with E-state index < -0.39 is 18.2 Å². The Morgan fingerprint density at radius 3 is 1.57 bits per heavy atom. The van der Waals surface area contributed by atoms with Gasteiger partial charge in [-0.3, -0.25) is 9.59 Å². The molecule has 56 heavy (non-hydrogen) atoms. The molecular formula is C50H87NO5. The molecule has 0 aromatic carbocycles. The molecule has 3 atom stereocenters. The maximum atomic E-state index is 13.1. The number of hydrogen-bond acceptors (Lipinski definition) is 5. The van der Waals surface area contributed by atoms with Crippen molar-refractivity contribution in [3.8, 4) is 0 Å². The molecule has 0 aliphatic carbocycles. The number of rotatable bonds is 40.